The zero-order valence-corrected chi connectivity index (χ0v) is 17.3. The van der Waals surface area contributed by atoms with E-state index >= 15 is 0 Å². The van der Waals surface area contributed by atoms with E-state index in [1.807, 2.05) is 36.4 Å². The van der Waals surface area contributed by atoms with Crippen molar-refractivity contribution in [3.05, 3.63) is 71.8 Å². The first-order valence-corrected chi connectivity index (χ1v) is 11.3. The molecule has 1 atom stereocenters. The monoisotopic (exact) mass is 405 g/mol. The standard InChI is InChI=1S/C26H31NO3/c28-23(17-7-3-1-4-8-17)16-27-24(29)15-26(20-9-5-2-6-10-20)21-11-18-12-22(26)14-19(13-21)25(18)30/h1-10,18-19,21-23,25,28,30H,11-16H2,(H,27,29). The first kappa shape index (κ1) is 19.8. The van der Waals surface area contributed by atoms with Crippen LogP contribution in [0.4, 0.5) is 0 Å². The number of aliphatic hydroxyl groups is 2. The molecule has 0 saturated heterocycles. The van der Waals surface area contributed by atoms with Gasteiger partial charge >= 0.3 is 0 Å². The van der Waals surface area contributed by atoms with E-state index < -0.39 is 6.10 Å². The molecule has 0 spiro atoms. The van der Waals surface area contributed by atoms with Gasteiger partial charge in [-0.1, -0.05) is 60.7 Å². The molecule has 2 aromatic rings. The van der Waals surface area contributed by atoms with Gasteiger partial charge < -0.3 is 15.5 Å². The molecular formula is C26H31NO3. The van der Waals surface area contributed by atoms with E-state index in [-0.39, 0.29) is 24.0 Å². The third-order valence-corrected chi connectivity index (χ3v) is 8.21. The number of rotatable bonds is 6. The van der Waals surface area contributed by atoms with Crippen LogP contribution in [-0.4, -0.2) is 28.8 Å². The van der Waals surface area contributed by atoms with Gasteiger partial charge in [0.05, 0.1) is 12.2 Å². The second-order valence-corrected chi connectivity index (χ2v) is 9.66. The minimum Gasteiger partial charge on any atom is -0.393 e. The molecule has 4 bridgehead atoms. The lowest BCUT2D eigenvalue weighted by atomic mass is 9.42. The fraction of sp³-hybridized carbons (Fsp3) is 0.500. The maximum Gasteiger partial charge on any atom is 0.221 e. The number of carbonyl (C=O) groups is 1. The van der Waals surface area contributed by atoms with Gasteiger partial charge in [-0.05, 0) is 60.5 Å². The third-order valence-electron chi connectivity index (χ3n) is 8.21. The van der Waals surface area contributed by atoms with E-state index in [1.54, 1.807) is 0 Å². The number of hydrogen-bond acceptors (Lipinski definition) is 3. The van der Waals surface area contributed by atoms with Crippen molar-refractivity contribution < 1.29 is 15.0 Å². The van der Waals surface area contributed by atoms with Crippen LogP contribution >= 0.6 is 0 Å². The van der Waals surface area contributed by atoms with Gasteiger partial charge in [0.25, 0.3) is 0 Å². The van der Waals surface area contributed by atoms with Crippen LogP contribution in [0.25, 0.3) is 0 Å². The van der Waals surface area contributed by atoms with Crippen molar-refractivity contribution in [1.82, 2.24) is 5.32 Å². The zero-order chi connectivity index (χ0) is 20.7. The maximum atomic E-state index is 13.1. The van der Waals surface area contributed by atoms with Crippen LogP contribution in [0.15, 0.2) is 60.7 Å². The first-order chi connectivity index (χ1) is 14.6. The molecule has 30 heavy (non-hydrogen) atoms. The molecule has 0 heterocycles. The Morgan fingerprint density at radius 3 is 2.03 bits per heavy atom. The smallest absolute Gasteiger partial charge is 0.221 e. The second kappa shape index (κ2) is 7.82. The molecule has 3 N–H and O–H groups in total. The molecule has 4 saturated carbocycles. The summed E-state index contributed by atoms with van der Waals surface area (Å²) >= 11 is 0. The van der Waals surface area contributed by atoms with Crippen molar-refractivity contribution in [1.29, 1.82) is 0 Å². The Balaban J connectivity index is 1.36. The topological polar surface area (TPSA) is 69.6 Å². The molecule has 0 radical (unpaired) electrons. The minimum atomic E-state index is -0.698. The Morgan fingerprint density at radius 1 is 0.933 bits per heavy atom. The van der Waals surface area contributed by atoms with E-state index in [4.69, 9.17) is 0 Å². The number of carbonyl (C=O) groups excluding carboxylic acids is 1. The van der Waals surface area contributed by atoms with Crippen LogP contribution in [-0.2, 0) is 10.2 Å². The lowest BCUT2D eigenvalue weighted by Crippen LogP contribution is -2.61. The van der Waals surface area contributed by atoms with E-state index in [2.05, 4.69) is 29.6 Å². The fourth-order valence-electron chi connectivity index (χ4n) is 6.91. The summed E-state index contributed by atoms with van der Waals surface area (Å²) < 4.78 is 0. The van der Waals surface area contributed by atoms with Gasteiger partial charge in [-0.15, -0.1) is 0 Å². The van der Waals surface area contributed by atoms with Gasteiger partial charge in [0.15, 0.2) is 0 Å². The van der Waals surface area contributed by atoms with Gasteiger partial charge in [-0.2, -0.15) is 0 Å². The number of aliphatic hydroxyl groups excluding tert-OH is 2. The first-order valence-electron chi connectivity index (χ1n) is 11.3. The van der Waals surface area contributed by atoms with Crippen LogP contribution < -0.4 is 5.32 Å². The van der Waals surface area contributed by atoms with Crippen LogP contribution in [0.5, 0.6) is 0 Å². The van der Waals surface area contributed by atoms with Crippen molar-refractivity contribution in [3.63, 3.8) is 0 Å². The van der Waals surface area contributed by atoms with Crippen LogP contribution in [0.2, 0.25) is 0 Å². The summed E-state index contributed by atoms with van der Waals surface area (Å²) in [4.78, 5) is 13.1. The molecule has 0 aromatic heterocycles. The largest absolute Gasteiger partial charge is 0.393 e. The molecular weight excluding hydrogens is 374 g/mol. The Bertz CT molecular complexity index is 852. The highest BCUT2D eigenvalue weighted by molar-refractivity contribution is 5.78. The Labute approximate surface area is 178 Å². The highest BCUT2D eigenvalue weighted by Gasteiger charge is 2.60. The van der Waals surface area contributed by atoms with Crippen LogP contribution in [0.1, 0.15) is 49.3 Å². The number of nitrogens with one attached hydrogen (secondary N) is 1. The average molecular weight is 406 g/mol. The normalized spacial score (nSPS) is 35.2. The van der Waals surface area contributed by atoms with E-state index in [0.717, 1.165) is 31.2 Å². The summed E-state index contributed by atoms with van der Waals surface area (Å²) in [6.45, 7) is 0.229. The molecule has 1 amide bonds. The molecule has 4 fully saturated rings. The van der Waals surface area contributed by atoms with Crippen LogP contribution in [0, 0.1) is 23.7 Å². The summed E-state index contributed by atoms with van der Waals surface area (Å²) in [6, 6.07) is 20.0. The molecule has 0 aliphatic heterocycles. The summed E-state index contributed by atoms with van der Waals surface area (Å²) in [5, 5.41) is 24.0. The van der Waals surface area contributed by atoms with Gasteiger partial charge in [-0.3, -0.25) is 4.79 Å². The van der Waals surface area contributed by atoms with Gasteiger partial charge in [0.2, 0.25) is 5.91 Å². The molecule has 4 nitrogen and oxygen atoms in total. The fourth-order valence-corrected chi connectivity index (χ4v) is 6.91. The molecule has 6 rings (SSSR count). The number of benzene rings is 2. The second-order valence-electron chi connectivity index (χ2n) is 9.66. The van der Waals surface area contributed by atoms with Crippen molar-refractivity contribution in [2.75, 3.05) is 6.54 Å². The molecule has 4 aliphatic rings. The van der Waals surface area contributed by atoms with Crippen molar-refractivity contribution in [3.8, 4) is 0 Å². The molecule has 158 valence electrons. The summed E-state index contributed by atoms with van der Waals surface area (Å²) in [7, 11) is 0. The molecule has 2 aromatic carbocycles. The van der Waals surface area contributed by atoms with Gasteiger partial charge in [-0.25, -0.2) is 0 Å². The van der Waals surface area contributed by atoms with Crippen molar-refractivity contribution in [2.45, 2.75) is 49.7 Å². The Kier molecular flexibility index (Phi) is 5.16. The minimum absolute atomic E-state index is 0.0156. The predicted octanol–water partition coefficient (Wildman–Crippen LogP) is 3.59. The summed E-state index contributed by atoms with van der Waals surface area (Å²) in [5.41, 5.74) is 1.93. The number of amides is 1. The van der Waals surface area contributed by atoms with Crippen molar-refractivity contribution >= 4 is 5.91 Å². The Morgan fingerprint density at radius 2 is 1.47 bits per heavy atom. The van der Waals surface area contributed by atoms with E-state index in [0.29, 0.717) is 30.1 Å². The molecule has 1 unspecified atom stereocenters. The lowest BCUT2D eigenvalue weighted by Gasteiger charge is -2.63. The van der Waals surface area contributed by atoms with E-state index in [1.165, 1.54) is 5.56 Å². The highest BCUT2D eigenvalue weighted by Crippen LogP contribution is 2.64. The van der Waals surface area contributed by atoms with Crippen LogP contribution in [0.3, 0.4) is 0 Å². The van der Waals surface area contributed by atoms with Gasteiger partial charge in [0, 0.05) is 18.4 Å². The van der Waals surface area contributed by atoms with Crippen molar-refractivity contribution in [2.24, 2.45) is 23.7 Å². The molecule has 4 aliphatic carbocycles. The zero-order valence-electron chi connectivity index (χ0n) is 17.3. The van der Waals surface area contributed by atoms with E-state index in [9.17, 15) is 15.0 Å². The predicted molar refractivity (Wildman–Crippen MR) is 116 cm³/mol. The quantitative estimate of drug-likeness (QED) is 0.688. The SMILES string of the molecule is O=C(CC1(c2ccccc2)C2CC3CC1CC(C2)C3O)NCC(O)c1ccccc1. The third kappa shape index (κ3) is 3.27. The highest BCUT2D eigenvalue weighted by atomic mass is 16.3. The average Bonchev–Trinajstić information content (AvgIpc) is 2.77. The maximum absolute atomic E-state index is 13.1. The summed E-state index contributed by atoms with van der Waals surface area (Å²) in [6.07, 6.45) is 3.68. The lowest BCUT2D eigenvalue weighted by molar-refractivity contribution is -0.147. The summed E-state index contributed by atoms with van der Waals surface area (Å²) in [5.74, 6) is 1.69. The Hall–Kier alpha value is -2.17. The van der Waals surface area contributed by atoms with Gasteiger partial charge in [0.1, 0.15) is 0 Å². The number of hydrogen-bond donors (Lipinski definition) is 3. The molecule has 4 heteroatoms.